The van der Waals surface area contributed by atoms with E-state index in [9.17, 15) is 19.3 Å². The highest BCUT2D eigenvalue weighted by atomic mass is 32.2. The topological polar surface area (TPSA) is 90.1 Å². The van der Waals surface area contributed by atoms with Crippen LogP contribution in [0.5, 0.6) is 0 Å². The molecule has 0 radical (unpaired) electrons. The average Bonchev–Trinajstić information content (AvgIpc) is 3.18. The van der Waals surface area contributed by atoms with Gasteiger partial charge in [0, 0.05) is 31.1 Å². The molecule has 0 fully saturated rings. The van der Waals surface area contributed by atoms with Gasteiger partial charge in [-0.2, -0.15) is 0 Å². The van der Waals surface area contributed by atoms with Gasteiger partial charge in [-0.05, 0) is 47.9 Å². The van der Waals surface area contributed by atoms with Crippen molar-refractivity contribution < 1.29 is 14.1 Å². The number of aryl methyl sites for hydroxylation is 1. The molecule has 0 saturated carbocycles. The molecule has 0 aliphatic heterocycles. The number of aromatic nitrogens is 2. The maximum Gasteiger partial charge on any atom is 0.283 e. The van der Waals surface area contributed by atoms with E-state index in [1.165, 1.54) is 30.0 Å². The second kappa shape index (κ2) is 10.4. The van der Waals surface area contributed by atoms with Crippen LogP contribution in [-0.4, -0.2) is 26.1 Å². The Labute approximate surface area is 190 Å². The number of nitrogens with one attached hydrogen (secondary N) is 1. The number of hydrogen-bond donors (Lipinski definition) is 1. The predicted octanol–water partition coefficient (Wildman–Crippen LogP) is 5.13. The van der Waals surface area contributed by atoms with E-state index in [1.54, 1.807) is 48.3 Å². The van der Waals surface area contributed by atoms with Crippen molar-refractivity contribution in [3.8, 4) is 0 Å². The first-order valence-corrected chi connectivity index (χ1v) is 11.2. The Balaban J connectivity index is 1.87. The van der Waals surface area contributed by atoms with Crippen LogP contribution in [0.1, 0.15) is 48.1 Å². The van der Waals surface area contributed by atoms with Gasteiger partial charge < -0.3 is 9.88 Å². The molecule has 0 aliphatic carbocycles. The molecule has 3 aromatic rings. The number of thioether (sulfide) groups is 1. The van der Waals surface area contributed by atoms with Crippen LogP contribution in [0.15, 0.2) is 59.8 Å². The second-order valence-electron chi connectivity index (χ2n) is 7.82. The molecule has 0 bridgehead atoms. The Morgan fingerprint density at radius 1 is 1.25 bits per heavy atom. The number of carbonyl (C=O) groups is 1. The molecule has 1 N–H and O–H groups in total. The maximum absolute atomic E-state index is 13.4. The summed E-state index contributed by atoms with van der Waals surface area (Å²) >= 11 is 1.41. The lowest BCUT2D eigenvalue weighted by molar-refractivity contribution is -0.387. The molecule has 1 atom stereocenters. The Bertz CT molecular complexity index is 1100. The highest BCUT2D eigenvalue weighted by Gasteiger charge is 2.24. The van der Waals surface area contributed by atoms with Gasteiger partial charge in [0.2, 0.25) is 0 Å². The lowest BCUT2D eigenvalue weighted by Crippen LogP contribution is -2.31. The van der Waals surface area contributed by atoms with Gasteiger partial charge in [-0.3, -0.25) is 14.9 Å². The fourth-order valence-electron chi connectivity index (χ4n) is 3.15. The second-order valence-corrected chi connectivity index (χ2v) is 8.96. The summed E-state index contributed by atoms with van der Waals surface area (Å²) in [6, 6.07) is 9.62. The zero-order chi connectivity index (χ0) is 23.3. The number of nitro benzene ring substituents is 1. The third kappa shape index (κ3) is 5.73. The van der Waals surface area contributed by atoms with Gasteiger partial charge in [-0.15, -0.1) is 11.8 Å². The summed E-state index contributed by atoms with van der Waals surface area (Å²) in [5.41, 5.74) is 0.720. The number of nitrogens with zero attached hydrogens (tertiary/aromatic N) is 3. The number of nitro groups is 1. The van der Waals surface area contributed by atoms with E-state index in [4.69, 9.17) is 0 Å². The minimum atomic E-state index is -0.651. The third-order valence-electron chi connectivity index (χ3n) is 4.97. The third-order valence-corrected chi connectivity index (χ3v) is 6.06. The van der Waals surface area contributed by atoms with E-state index in [0.717, 1.165) is 12.2 Å². The minimum absolute atomic E-state index is 0.0956. The highest BCUT2D eigenvalue weighted by molar-refractivity contribution is 7.99. The van der Waals surface area contributed by atoms with Crippen LogP contribution in [0.2, 0.25) is 0 Å². The Morgan fingerprint density at radius 3 is 2.56 bits per heavy atom. The summed E-state index contributed by atoms with van der Waals surface area (Å²) in [5.74, 6) is 0.945. The molecule has 2 aromatic carbocycles. The smallest absolute Gasteiger partial charge is 0.283 e. The van der Waals surface area contributed by atoms with E-state index >= 15 is 0 Å². The van der Waals surface area contributed by atoms with E-state index in [2.05, 4.69) is 24.1 Å². The van der Waals surface area contributed by atoms with Crippen LogP contribution in [0, 0.1) is 21.8 Å². The average molecular weight is 457 g/mol. The summed E-state index contributed by atoms with van der Waals surface area (Å²) in [6.45, 7) is 4.20. The SMILES string of the molecule is CC(C)CCSc1ccc(C(=O)NC(c2ccc(F)cc2)c2nccn2C)cc1[N+](=O)[O-]. The monoisotopic (exact) mass is 456 g/mol. The van der Waals surface area contributed by atoms with Crippen molar-refractivity contribution in [2.75, 3.05) is 5.75 Å². The zero-order valence-corrected chi connectivity index (χ0v) is 18.9. The van der Waals surface area contributed by atoms with Gasteiger partial charge in [0.05, 0.1) is 9.82 Å². The highest BCUT2D eigenvalue weighted by Crippen LogP contribution is 2.31. The minimum Gasteiger partial charge on any atom is -0.338 e. The number of hydrogen-bond acceptors (Lipinski definition) is 5. The summed E-state index contributed by atoms with van der Waals surface area (Å²) in [4.78, 5) is 29.0. The normalized spacial score (nSPS) is 12.0. The molecular weight excluding hydrogens is 431 g/mol. The standard InChI is InChI=1S/C23H25FN4O3S/c1-15(2)10-13-32-20-9-6-17(14-19(20)28(30)31)23(29)26-21(22-25-11-12-27(22)3)16-4-7-18(24)8-5-16/h4-9,11-12,14-15,21H,10,13H2,1-3H3,(H,26,29). The van der Waals surface area contributed by atoms with Crippen LogP contribution in [0.25, 0.3) is 0 Å². The summed E-state index contributed by atoms with van der Waals surface area (Å²) in [7, 11) is 1.79. The molecule has 0 spiro atoms. The molecule has 168 valence electrons. The van der Waals surface area contributed by atoms with E-state index in [-0.39, 0.29) is 17.1 Å². The van der Waals surface area contributed by atoms with Crippen molar-refractivity contribution >= 4 is 23.4 Å². The van der Waals surface area contributed by atoms with Crippen LogP contribution < -0.4 is 5.32 Å². The fraction of sp³-hybridized carbons (Fsp3) is 0.304. The van der Waals surface area contributed by atoms with E-state index in [1.807, 2.05) is 0 Å². The van der Waals surface area contributed by atoms with Crippen molar-refractivity contribution in [3.63, 3.8) is 0 Å². The molecule has 0 aliphatic rings. The number of amides is 1. The van der Waals surface area contributed by atoms with Crippen LogP contribution in [-0.2, 0) is 7.05 Å². The number of halogens is 1. The Kier molecular flexibility index (Phi) is 7.63. The molecular formula is C23H25FN4O3S. The van der Waals surface area contributed by atoms with Gasteiger partial charge in [0.1, 0.15) is 17.7 Å². The summed E-state index contributed by atoms with van der Waals surface area (Å²) in [6.07, 6.45) is 4.28. The molecule has 7 nitrogen and oxygen atoms in total. The number of rotatable bonds is 9. The molecule has 0 saturated heterocycles. The van der Waals surface area contributed by atoms with E-state index in [0.29, 0.717) is 22.2 Å². The molecule has 1 amide bonds. The van der Waals surface area contributed by atoms with Crippen LogP contribution in [0.3, 0.4) is 0 Å². The van der Waals surface area contributed by atoms with Gasteiger partial charge in [-0.25, -0.2) is 9.37 Å². The van der Waals surface area contributed by atoms with Crippen molar-refractivity contribution in [3.05, 3.63) is 87.7 Å². The van der Waals surface area contributed by atoms with Gasteiger partial charge in [0.15, 0.2) is 0 Å². The van der Waals surface area contributed by atoms with Gasteiger partial charge in [0.25, 0.3) is 11.6 Å². The summed E-state index contributed by atoms with van der Waals surface area (Å²) in [5, 5.41) is 14.5. The largest absolute Gasteiger partial charge is 0.338 e. The van der Waals surface area contributed by atoms with Crippen LogP contribution in [0.4, 0.5) is 10.1 Å². The molecule has 32 heavy (non-hydrogen) atoms. The fourth-order valence-corrected chi connectivity index (χ4v) is 4.40. The first kappa shape index (κ1) is 23.5. The molecule has 1 unspecified atom stereocenters. The van der Waals surface area contributed by atoms with Crippen molar-refractivity contribution in [1.82, 2.24) is 14.9 Å². The van der Waals surface area contributed by atoms with Crippen molar-refractivity contribution in [2.45, 2.75) is 31.2 Å². The number of imidazole rings is 1. The lowest BCUT2D eigenvalue weighted by Gasteiger charge is -2.19. The van der Waals surface area contributed by atoms with Crippen molar-refractivity contribution in [1.29, 1.82) is 0 Å². The van der Waals surface area contributed by atoms with E-state index < -0.39 is 16.9 Å². The molecule has 1 heterocycles. The number of benzene rings is 2. The first-order valence-electron chi connectivity index (χ1n) is 10.2. The Morgan fingerprint density at radius 2 is 1.97 bits per heavy atom. The van der Waals surface area contributed by atoms with Gasteiger partial charge in [-0.1, -0.05) is 26.0 Å². The van der Waals surface area contributed by atoms with Gasteiger partial charge >= 0.3 is 0 Å². The quantitative estimate of drug-likeness (QED) is 0.274. The number of carbonyl (C=O) groups excluding carboxylic acids is 1. The maximum atomic E-state index is 13.4. The molecule has 9 heteroatoms. The summed E-state index contributed by atoms with van der Waals surface area (Å²) < 4.78 is 15.2. The first-order chi connectivity index (χ1) is 15.3. The van der Waals surface area contributed by atoms with Crippen LogP contribution >= 0.6 is 11.8 Å². The lowest BCUT2D eigenvalue weighted by atomic mass is 10.0. The molecule has 1 aromatic heterocycles. The predicted molar refractivity (Wildman–Crippen MR) is 122 cm³/mol. The Hall–Kier alpha value is -3.20. The van der Waals surface area contributed by atoms with Crippen molar-refractivity contribution in [2.24, 2.45) is 13.0 Å². The molecule has 3 rings (SSSR count). The zero-order valence-electron chi connectivity index (χ0n) is 18.1.